The van der Waals surface area contributed by atoms with Crippen LogP contribution in [0, 0.1) is 5.92 Å². The molecule has 32 heavy (non-hydrogen) atoms. The summed E-state index contributed by atoms with van der Waals surface area (Å²) in [7, 11) is 0. The van der Waals surface area contributed by atoms with Crippen LogP contribution in [0.3, 0.4) is 0 Å². The van der Waals surface area contributed by atoms with Gasteiger partial charge in [0.2, 0.25) is 12.7 Å². The third kappa shape index (κ3) is 4.12. The first-order chi connectivity index (χ1) is 15.7. The average Bonchev–Trinajstić information content (AvgIpc) is 3.47. The SMILES string of the molecule is CCOc1nc(-c2ccc3c(c2)OCO3)n(-c2ccc(NC(=O)C3CCCCC3)cc2)n1. The van der Waals surface area contributed by atoms with E-state index in [1.165, 1.54) is 6.42 Å². The number of ether oxygens (including phenoxy) is 3. The maximum atomic E-state index is 12.6. The molecule has 0 unspecified atom stereocenters. The first-order valence-corrected chi connectivity index (χ1v) is 11.1. The van der Waals surface area contributed by atoms with Crippen LogP contribution in [0.5, 0.6) is 17.5 Å². The Morgan fingerprint density at radius 2 is 1.88 bits per heavy atom. The molecule has 0 atom stereocenters. The van der Waals surface area contributed by atoms with Crippen LogP contribution in [0.1, 0.15) is 39.0 Å². The van der Waals surface area contributed by atoms with Crippen LogP contribution in [0.4, 0.5) is 5.69 Å². The van der Waals surface area contributed by atoms with Crippen LogP contribution < -0.4 is 19.5 Å². The molecule has 2 heterocycles. The predicted octanol–water partition coefficient (Wildman–Crippen LogP) is 4.58. The summed E-state index contributed by atoms with van der Waals surface area (Å²) in [6.07, 6.45) is 5.44. The number of carbonyl (C=O) groups excluding carboxylic acids is 1. The Hall–Kier alpha value is -3.55. The molecule has 2 aliphatic rings. The number of hydrogen-bond donors (Lipinski definition) is 1. The topological polar surface area (TPSA) is 87.5 Å². The highest BCUT2D eigenvalue weighted by molar-refractivity contribution is 5.92. The van der Waals surface area contributed by atoms with Crippen LogP contribution in [0.15, 0.2) is 42.5 Å². The van der Waals surface area contributed by atoms with Crippen molar-refractivity contribution in [2.45, 2.75) is 39.0 Å². The van der Waals surface area contributed by atoms with E-state index in [9.17, 15) is 4.79 Å². The van der Waals surface area contributed by atoms with Gasteiger partial charge in [0.15, 0.2) is 17.3 Å². The normalized spacial score (nSPS) is 15.5. The fraction of sp³-hybridized carbons (Fsp3) is 0.375. The van der Waals surface area contributed by atoms with Gasteiger partial charge in [-0.1, -0.05) is 19.3 Å². The van der Waals surface area contributed by atoms with Crippen molar-refractivity contribution in [3.63, 3.8) is 0 Å². The number of fused-ring (bicyclic) bond motifs is 1. The lowest BCUT2D eigenvalue weighted by atomic mass is 9.88. The fourth-order valence-electron chi connectivity index (χ4n) is 4.18. The molecule has 5 rings (SSSR count). The zero-order valence-corrected chi connectivity index (χ0v) is 18.0. The molecule has 1 saturated carbocycles. The van der Waals surface area contributed by atoms with E-state index >= 15 is 0 Å². The molecule has 2 aromatic carbocycles. The van der Waals surface area contributed by atoms with E-state index in [-0.39, 0.29) is 18.6 Å². The minimum absolute atomic E-state index is 0.109. The highest BCUT2D eigenvalue weighted by atomic mass is 16.7. The van der Waals surface area contributed by atoms with Crippen molar-refractivity contribution in [2.24, 2.45) is 5.92 Å². The third-order valence-electron chi connectivity index (χ3n) is 5.85. The molecular weight excluding hydrogens is 408 g/mol. The van der Waals surface area contributed by atoms with Crippen molar-refractivity contribution in [3.05, 3.63) is 42.5 Å². The first kappa shape index (κ1) is 20.4. The van der Waals surface area contributed by atoms with Gasteiger partial charge in [-0.25, -0.2) is 4.68 Å². The van der Waals surface area contributed by atoms with Crippen LogP contribution in [-0.4, -0.2) is 34.1 Å². The molecule has 0 radical (unpaired) electrons. The second-order valence-corrected chi connectivity index (χ2v) is 8.00. The molecule has 0 saturated heterocycles. The average molecular weight is 434 g/mol. The summed E-state index contributed by atoms with van der Waals surface area (Å²) in [5.41, 5.74) is 2.42. The van der Waals surface area contributed by atoms with E-state index in [1.807, 2.05) is 49.4 Å². The number of nitrogens with one attached hydrogen (secondary N) is 1. The highest BCUT2D eigenvalue weighted by Crippen LogP contribution is 2.36. The Labute approximate surface area is 186 Å². The van der Waals surface area contributed by atoms with Crippen LogP contribution in [0.25, 0.3) is 17.1 Å². The van der Waals surface area contributed by atoms with E-state index in [0.29, 0.717) is 29.9 Å². The fourth-order valence-corrected chi connectivity index (χ4v) is 4.18. The molecular formula is C24H26N4O4. The first-order valence-electron chi connectivity index (χ1n) is 11.1. The van der Waals surface area contributed by atoms with Crippen LogP contribution in [-0.2, 0) is 4.79 Å². The molecule has 0 spiro atoms. The molecule has 1 aliphatic heterocycles. The molecule has 1 amide bonds. The Morgan fingerprint density at radius 3 is 2.66 bits per heavy atom. The Kier molecular flexibility index (Phi) is 5.66. The number of carbonyl (C=O) groups is 1. The van der Waals surface area contributed by atoms with Gasteiger partial charge in [-0.05, 0) is 62.2 Å². The second kappa shape index (κ2) is 8.90. The summed E-state index contributed by atoms with van der Waals surface area (Å²) in [6, 6.07) is 13.6. The lowest BCUT2D eigenvalue weighted by molar-refractivity contribution is -0.120. The Bertz CT molecular complexity index is 1100. The number of amides is 1. The molecule has 1 aromatic heterocycles. The van der Waals surface area contributed by atoms with Crippen LogP contribution in [0.2, 0.25) is 0 Å². The van der Waals surface area contributed by atoms with Gasteiger partial charge in [0.25, 0.3) is 0 Å². The minimum Gasteiger partial charge on any atom is -0.463 e. The highest BCUT2D eigenvalue weighted by Gasteiger charge is 2.22. The zero-order chi connectivity index (χ0) is 21.9. The maximum absolute atomic E-state index is 12.6. The van der Waals surface area contributed by atoms with Crippen LogP contribution >= 0.6 is 0 Å². The van der Waals surface area contributed by atoms with Crippen molar-refractivity contribution < 1.29 is 19.0 Å². The quantitative estimate of drug-likeness (QED) is 0.611. The molecule has 1 aliphatic carbocycles. The molecule has 1 N–H and O–H groups in total. The number of hydrogen-bond acceptors (Lipinski definition) is 6. The van der Waals surface area contributed by atoms with E-state index in [2.05, 4.69) is 15.4 Å². The summed E-state index contributed by atoms with van der Waals surface area (Å²) >= 11 is 0. The van der Waals surface area contributed by atoms with Crippen molar-refractivity contribution >= 4 is 11.6 Å². The molecule has 8 nitrogen and oxygen atoms in total. The number of nitrogens with zero attached hydrogens (tertiary/aromatic N) is 3. The summed E-state index contributed by atoms with van der Waals surface area (Å²) in [5.74, 6) is 2.24. The maximum Gasteiger partial charge on any atom is 0.336 e. The van der Waals surface area contributed by atoms with E-state index in [0.717, 1.165) is 42.6 Å². The number of aromatic nitrogens is 3. The van der Waals surface area contributed by atoms with Gasteiger partial charge in [-0.3, -0.25) is 4.79 Å². The van der Waals surface area contributed by atoms with Gasteiger partial charge in [0.1, 0.15) is 0 Å². The van der Waals surface area contributed by atoms with E-state index < -0.39 is 0 Å². The third-order valence-corrected chi connectivity index (χ3v) is 5.85. The van der Waals surface area contributed by atoms with Gasteiger partial charge >= 0.3 is 6.01 Å². The lowest BCUT2D eigenvalue weighted by Gasteiger charge is -2.20. The second-order valence-electron chi connectivity index (χ2n) is 8.00. The van der Waals surface area contributed by atoms with Gasteiger partial charge in [0.05, 0.1) is 12.3 Å². The van der Waals surface area contributed by atoms with Crippen molar-refractivity contribution in [1.29, 1.82) is 0 Å². The van der Waals surface area contributed by atoms with Crippen molar-refractivity contribution in [3.8, 4) is 34.6 Å². The van der Waals surface area contributed by atoms with E-state index in [1.54, 1.807) is 4.68 Å². The Balaban J connectivity index is 1.40. The number of anilines is 1. The largest absolute Gasteiger partial charge is 0.463 e. The predicted molar refractivity (Wildman–Crippen MR) is 119 cm³/mol. The molecule has 8 heteroatoms. The summed E-state index contributed by atoms with van der Waals surface area (Å²) in [5, 5.41) is 7.58. The zero-order valence-electron chi connectivity index (χ0n) is 18.0. The molecule has 1 fully saturated rings. The monoisotopic (exact) mass is 434 g/mol. The minimum atomic E-state index is 0.109. The number of rotatable bonds is 6. The molecule has 166 valence electrons. The number of benzene rings is 2. The van der Waals surface area contributed by atoms with Gasteiger partial charge in [-0.15, -0.1) is 5.10 Å². The van der Waals surface area contributed by atoms with Crippen molar-refractivity contribution in [1.82, 2.24) is 14.8 Å². The molecule has 0 bridgehead atoms. The lowest BCUT2D eigenvalue weighted by Crippen LogP contribution is -2.24. The summed E-state index contributed by atoms with van der Waals surface area (Å²) in [6.45, 7) is 2.57. The van der Waals surface area contributed by atoms with Gasteiger partial charge < -0.3 is 19.5 Å². The summed E-state index contributed by atoms with van der Waals surface area (Å²) in [4.78, 5) is 17.1. The Morgan fingerprint density at radius 1 is 1.09 bits per heavy atom. The van der Waals surface area contributed by atoms with Gasteiger partial charge in [-0.2, -0.15) is 4.98 Å². The van der Waals surface area contributed by atoms with E-state index in [4.69, 9.17) is 14.2 Å². The molecule has 3 aromatic rings. The van der Waals surface area contributed by atoms with Crippen molar-refractivity contribution in [2.75, 3.05) is 18.7 Å². The summed E-state index contributed by atoms with van der Waals surface area (Å²) < 4.78 is 18.2. The van der Waals surface area contributed by atoms with Gasteiger partial charge in [0, 0.05) is 17.2 Å². The standard InChI is InChI=1S/C24H26N4O4/c1-2-30-24-26-22(17-8-13-20-21(14-17)32-15-31-20)28(27-24)19-11-9-18(10-12-19)25-23(29)16-6-4-3-5-7-16/h8-14,16H,2-7,15H2,1H3,(H,25,29). The smallest absolute Gasteiger partial charge is 0.336 e.